The number of H-pyrrole nitrogens is 1. The summed E-state index contributed by atoms with van der Waals surface area (Å²) in [5.74, 6) is -0.145. The van der Waals surface area contributed by atoms with Crippen molar-refractivity contribution in [3.63, 3.8) is 0 Å². The minimum absolute atomic E-state index is 0.0965. The average molecular weight is 282 g/mol. The van der Waals surface area contributed by atoms with Crippen LogP contribution in [0.2, 0.25) is 0 Å². The highest BCUT2D eigenvalue weighted by molar-refractivity contribution is 5.95. The summed E-state index contributed by atoms with van der Waals surface area (Å²) >= 11 is 0. The number of nitrogens with one attached hydrogen (secondary N) is 2. The first-order chi connectivity index (χ1) is 10.1. The van der Waals surface area contributed by atoms with Gasteiger partial charge in [0, 0.05) is 23.4 Å². The molecule has 0 radical (unpaired) electrons. The number of hydrogen-bond donors (Lipinski definition) is 2. The van der Waals surface area contributed by atoms with Crippen LogP contribution < -0.4 is 10.9 Å². The summed E-state index contributed by atoms with van der Waals surface area (Å²) in [6.07, 6.45) is 3.04. The van der Waals surface area contributed by atoms with E-state index in [1.807, 2.05) is 31.2 Å². The Kier molecular flexibility index (Phi) is 3.60. The van der Waals surface area contributed by atoms with Crippen LogP contribution in [0.15, 0.2) is 35.1 Å². The number of carbonyl (C=O) groups excluding carboxylic acids is 1. The molecule has 0 saturated carbocycles. The molecule has 0 spiro atoms. The minimum atomic E-state index is -0.145. The fourth-order valence-electron chi connectivity index (χ4n) is 2.79. The quantitative estimate of drug-likeness (QED) is 0.905. The van der Waals surface area contributed by atoms with Crippen molar-refractivity contribution in [2.75, 3.05) is 0 Å². The van der Waals surface area contributed by atoms with E-state index >= 15 is 0 Å². The maximum absolute atomic E-state index is 12.2. The monoisotopic (exact) mass is 282 g/mol. The second-order valence-electron chi connectivity index (χ2n) is 5.48. The van der Waals surface area contributed by atoms with Crippen molar-refractivity contribution >= 4 is 5.91 Å². The van der Waals surface area contributed by atoms with Crippen LogP contribution in [0.4, 0.5) is 0 Å². The molecule has 1 aliphatic carbocycles. The van der Waals surface area contributed by atoms with Crippen LogP contribution in [0.25, 0.3) is 0 Å². The zero-order valence-corrected chi connectivity index (χ0v) is 12.0. The number of benzene rings is 1. The van der Waals surface area contributed by atoms with Crippen LogP contribution in [-0.2, 0) is 19.4 Å². The molecule has 0 unspecified atom stereocenters. The summed E-state index contributed by atoms with van der Waals surface area (Å²) in [6, 6.07) is 9.36. The van der Waals surface area contributed by atoms with Crippen molar-refractivity contribution in [1.82, 2.24) is 10.3 Å². The van der Waals surface area contributed by atoms with Gasteiger partial charge in [0.2, 0.25) is 0 Å². The molecule has 2 N–H and O–H groups in total. The van der Waals surface area contributed by atoms with Crippen LogP contribution in [0.3, 0.4) is 0 Å². The Morgan fingerprint density at radius 3 is 2.90 bits per heavy atom. The van der Waals surface area contributed by atoms with E-state index in [9.17, 15) is 9.59 Å². The topological polar surface area (TPSA) is 62.0 Å². The molecule has 1 aromatic carbocycles. The van der Waals surface area contributed by atoms with E-state index in [0.29, 0.717) is 11.1 Å². The lowest BCUT2D eigenvalue weighted by Crippen LogP contribution is -2.27. The van der Waals surface area contributed by atoms with Crippen LogP contribution in [0, 0.1) is 6.92 Å². The highest BCUT2D eigenvalue weighted by Crippen LogP contribution is 2.18. The lowest BCUT2D eigenvalue weighted by atomic mass is 10.1. The molecule has 4 nitrogen and oxygen atoms in total. The number of aromatic amines is 1. The molecule has 1 amide bonds. The maximum Gasteiger partial charge on any atom is 0.253 e. The van der Waals surface area contributed by atoms with Gasteiger partial charge in [0.1, 0.15) is 0 Å². The molecule has 1 heterocycles. The second-order valence-corrected chi connectivity index (χ2v) is 5.48. The zero-order chi connectivity index (χ0) is 14.8. The molecule has 0 fully saturated rings. The van der Waals surface area contributed by atoms with Gasteiger partial charge in [-0.05, 0) is 49.4 Å². The highest BCUT2D eigenvalue weighted by atomic mass is 16.1. The second kappa shape index (κ2) is 5.56. The fraction of sp³-hybridized carbons (Fsp3) is 0.294. The van der Waals surface area contributed by atoms with Crippen molar-refractivity contribution in [2.24, 2.45) is 0 Å². The van der Waals surface area contributed by atoms with Gasteiger partial charge >= 0.3 is 0 Å². The molecular formula is C17H18N2O2. The van der Waals surface area contributed by atoms with E-state index < -0.39 is 0 Å². The van der Waals surface area contributed by atoms with E-state index in [4.69, 9.17) is 0 Å². The van der Waals surface area contributed by atoms with Gasteiger partial charge in [-0.2, -0.15) is 0 Å². The third-order valence-corrected chi connectivity index (χ3v) is 3.99. The van der Waals surface area contributed by atoms with Gasteiger partial charge in [-0.1, -0.05) is 18.2 Å². The average Bonchev–Trinajstić information content (AvgIpc) is 2.92. The van der Waals surface area contributed by atoms with E-state index in [1.165, 1.54) is 5.56 Å². The molecule has 4 heteroatoms. The zero-order valence-electron chi connectivity index (χ0n) is 12.0. The summed E-state index contributed by atoms with van der Waals surface area (Å²) < 4.78 is 0. The molecular weight excluding hydrogens is 264 g/mol. The van der Waals surface area contributed by atoms with Crippen molar-refractivity contribution in [3.05, 3.63) is 68.6 Å². The first kappa shape index (κ1) is 13.6. The first-order valence-corrected chi connectivity index (χ1v) is 7.23. The summed E-state index contributed by atoms with van der Waals surface area (Å²) in [7, 11) is 0. The van der Waals surface area contributed by atoms with Crippen molar-refractivity contribution < 1.29 is 4.79 Å². The van der Waals surface area contributed by atoms with Crippen LogP contribution in [0.5, 0.6) is 0 Å². The van der Waals surface area contributed by atoms with Gasteiger partial charge in [-0.25, -0.2) is 0 Å². The molecule has 21 heavy (non-hydrogen) atoms. The summed E-state index contributed by atoms with van der Waals surface area (Å²) in [5, 5.41) is 2.83. The number of aryl methyl sites for hydroxylation is 3. The number of fused-ring (bicyclic) bond motifs is 1. The van der Waals surface area contributed by atoms with Gasteiger partial charge in [-0.3, -0.25) is 9.59 Å². The van der Waals surface area contributed by atoms with Crippen molar-refractivity contribution in [3.8, 4) is 0 Å². The Bertz CT molecular complexity index is 747. The first-order valence-electron chi connectivity index (χ1n) is 7.23. The molecule has 1 aromatic heterocycles. The van der Waals surface area contributed by atoms with E-state index in [2.05, 4.69) is 10.3 Å². The SMILES string of the molecule is Cc1ccccc1C(=O)NCc1cc2c([nH]c1=O)CCC2. The van der Waals surface area contributed by atoms with Crippen LogP contribution in [-0.4, -0.2) is 10.9 Å². The molecule has 1 aliphatic rings. The number of pyridine rings is 1. The summed E-state index contributed by atoms with van der Waals surface area (Å²) in [6.45, 7) is 2.16. The number of carbonyl (C=O) groups is 1. The lowest BCUT2D eigenvalue weighted by molar-refractivity contribution is 0.0950. The molecule has 108 valence electrons. The largest absolute Gasteiger partial charge is 0.348 e. The molecule has 3 rings (SSSR count). The Morgan fingerprint density at radius 2 is 2.10 bits per heavy atom. The van der Waals surface area contributed by atoms with Crippen LogP contribution >= 0.6 is 0 Å². The Balaban J connectivity index is 1.75. The Morgan fingerprint density at radius 1 is 1.29 bits per heavy atom. The normalized spacial score (nSPS) is 13.0. The fourth-order valence-corrected chi connectivity index (χ4v) is 2.79. The number of amides is 1. The molecule has 0 atom stereocenters. The van der Waals surface area contributed by atoms with E-state index in [0.717, 1.165) is 30.5 Å². The highest BCUT2D eigenvalue weighted by Gasteiger charge is 2.15. The Hall–Kier alpha value is -2.36. The van der Waals surface area contributed by atoms with Gasteiger partial charge in [0.25, 0.3) is 11.5 Å². The van der Waals surface area contributed by atoms with Gasteiger partial charge in [0.05, 0.1) is 0 Å². The van der Waals surface area contributed by atoms with Gasteiger partial charge in [-0.15, -0.1) is 0 Å². The summed E-state index contributed by atoms with van der Waals surface area (Å²) in [5.41, 5.74) is 4.36. The standard InChI is InChI=1S/C17H18N2O2/c1-11-5-2-3-7-14(11)17(21)18-10-13-9-12-6-4-8-15(12)19-16(13)20/h2-3,5,7,9H,4,6,8,10H2,1H3,(H,18,21)(H,19,20). The smallest absolute Gasteiger partial charge is 0.253 e. The lowest BCUT2D eigenvalue weighted by Gasteiger charge is -2.08. The maximum atomic E-state index is 12.2. The molecule has 0 saturated heterocycles. The van der Waals surface area contributed by atoms with Gasteiger partial charge in [0.15, 0.2) is 0 Å². The predicted molar refractivity (Wildman–Crippen MR) is 81.4 cm³/mol. The number of rotatable bonds is 3. The van der Waals surface area contributed by atoms with E-state index in [-0.39, 0.29) is 18.0 Å². The minimum Gasteiger partial charge on any atom is -0.348 e. The predicted octanol–water partition coefficient (Wildman–Crippen LogP) is 2.10. The van der Waals surface area contributed by atoms with Gasteiger partial charge < -0.3 is 10.3 Å². The van der Waals surface area contributed by atoms with Crippen LogP contribution in [0.1, 0.15) is 39.2 Å². The van der Waals surface area contributed by atoms with E-state index in [1.54, 1.807) is 6.07 Å². The third kappa shape index (κ3) is 2.75. The molecule has 2 aromatic rings. The Labute approximate surface area is 123 Å². The third-order valence-electron chi connectivity index (χ3n) is 3.99. The molecule has 0 aliphatic heterocycles. The summed E-state index contributed by atoms with van der Waals surface area (Å²) in [4.78, 5) is 27.1. The van der Waals surface area contributed by atoms with Crippen molar-refractivity contribution in [2.45, 2.75) is 32.7 Å². The molecule has 0 bridgehead atoms. The van der Waals surface area contributed by atoms with Crippen molar-refractivity contribution in [1.29, 1.82) is 0 Å². The number of hydrogen-bond acceptors (Lipinski definition) is 2. The number of aromatic nitrogens is 1.